The van der Waals surface area contributed by atoms with Gasteiger partial charge in [-0.1, -0.05) is 39.1 Å². The molecule has 1 amide bonds. The van der Waals surface area contributed by atoms with Crippen LogP contribution in [0.3, 0.4) is 0 Å². The highest BCUT2D eigenvalue weighted by Gasteiger charge is 2.05. The molecular formula is C14H10BrCl2NOS. The number of anilines is 1. The van der Waals surface area contributed by atoms with Crippen LogP contribution in [0.4, 0.5) is 5.69 Å². The Morgan fingerprint density at radius 1 is 1.10 bits per heavy atom. The van der Waals surface area contributed by atoms with E-state index < -0.39 is 0 Å². The summed E-state index contributed by atoms with van der Waals surface area (Å²) in [4.78, 5) is 12.9. The van der Waals surface area contributed by atoms with Crippen molar-refractivity contribution < 1.29 is 4.79 Å². The Labute approximate surface area is 140 Å². The summed E-state index contributed by atoms with van der Waals surface area (Å²) >= 11 is 16.6. The number of carbonyl (C=O) groups is 1. The molecule has 0 heterocycles. The van der Waals surface area contributed by atoms with Gasteiger partial charge in [-0.3, -0.25) is 4.79 Å². The summed E-state index contributed by atoms with van der Waals surface area (Å²) in [6.07, 6.45) is 0. The minimum atomic E-state index is -0.0868. The van der Waals surface area contributed by atoms with Crippen molar-refractivity contribution >= 4 is 62.5 Å². The molecule has 0 aliphatic carbocycles. The van der Waals surface area contributed by atoms with Crippen LogP contribution in [-0.4, -0.2) is 11.7 Å². The molecule has 2 nitrogen and oxygen atoms in total. The van der Waals surface area contributed by atoms with Gasteiger partial charge in [0.15, 0.2) is 0 Å². The van der Waals surface area contributed by atoms with Gasteiger partial charge in [-0.25, -0.2) is 0 Å². The fourth-order valence-electron chi connectivity index (χ4n) is 1.45. The lowest BCUT2D eigenvalue weighted by Gasteiger charge is -2.06. The second-order valence-electron chi connectivity index (χ2n) is 3.92. The van der Waals surface area contributed by atoms with Gasteiger partial charge in [0.05, 0.1) is 15.8 Å². The van der Waals surface area contributed by atoms with Crippen LogP contribution in [-0.2, 0) is 4.79 Å². The van der Waals surface area contributed by atoms with E-state index in [0.717, 1.165) is 9.37 Å². The third-order valence-electron chi connectivity index (χ3n) is 2.39. The van der Waals surface area contributed by atoms with Crippen LogP contribution < -0.4 is 5.32 Å². The lowest BCUT2D eigenvalue weighted by molar-refractivity contribution is -0.113. The third-order valence-corrected chi connectivity index (χ3v) is 4.67. The highest BCUT2D eigenvalue weighted by Crippen LogP contribution is 2.25. The summed E-state index contributed by atoms with van der Waals surface area (Å²) in [5.41, 5.74) is 0.640. The third kappa shape index (κ3) is 4.70. The quantitative estimate of drug-likeness (QED) is 0.699. The molecule has 0 saturated carbocycles. The first-order valence-electron chi connectivity index (χ1n) is 5.68. The van der Waals surface area contributed by atoms with E-state index in [0.29, 0.717) is 21.5 Å². The first-order chi connectivity index (χ1) is 9.54. The van der Waals surface area contributed by atoms with E-state index >= 15 is 0 Å². The van der Waals surface area contributed by atoms with Crippen molar-refractivity contribution in [3.05, 3.63) is 57.0 Å². The zero-order valence-electron chi connectivity index (χ0n) is 10.2. The number of hydrogen-bond acceptors (Lipinski definition) is 2. The number of carbonyl (C=O) groups excluding carboxylic acids is 1. The first-order valence-corrected chi connectivity index (χ1v) is 8.21. The summed E-state index contributed by atoms with van der Waals surface area (Å²) in [6.45, 7) is 0. The second kappa shape index (κ2) is 7.36. The van der Waals surface area contributed by atoms with Gasteiger partial charge in [-0.2, -0.15) is 0 Å². The smallest absolute Gasteiger partial charge is 0.234 e. The van der Waals surface area contributed by atoms with E-state index in [2.05, 4.69) is 21.2 Å². The van der Waals surface area contributed by atoms with Crippen molar-refractivity contribution in [3.8, 4) is 0 Å². The minimum absolute atomic E-state index is 0.0868. The van der Waals surface area contributed by atoms with Crippen molar-refractivity contribution in [2.75, 3.05) is 11.1 Å². The zero-order chi connectivity index (χ0) is 14.5. The zero-order valence-corrected chi connectivity index (χ0v) is 14.1. The molecule has 0 saturated heterocycles. The number of amides is 1. The van der Waals surface area contributed by atoms with Crippen molar-refractivity contribution in [3.63, 3.8) is 0 Å². The van der Waals surface area contributed by atoms with E-state index in [-0.39, 0.29) is 5.91 Å². The summed E-state index contributed by atoms with van der Waals surface area (Å²) in [7, 11) is 0. The van der Waals surface area contributed by atoms with Crippen LogP contribution in [0.5, 0.6) is 0 Å². The maximum Gasteiger partial charge on any atom is 0.234 e. The van der Waals surface area contributed by atoms with Gasteiger partial charge in [0.2, 0.25) is 5.91 Å². The standard InChI is InChI=1S/C14H10BrCl2NOS/c15-9-1-4-11(5-2-9)20-8-14(19)18-10-3-6-12(16)13(17)7-10/h1-7H,8H2,(H,18,19). The number of nitrogens with one attached hydrogen (secondary N) is 1. The normalized spacial score (nSPS) is 10.3. The monoisotopic (exact) mass is 389 g/mol. The Morgan fingerprint density at radius 2 is 1.80 bits per heavy atom. The number of benzene rings is 2. The van der Waals surface area contributed by atoms with Crippen LogP contribution in [0.1, 0.15) is 0 Å². The van der Waals surface area contributed by atoms with Gasteiger partial charge in [0.1, 0.15) is 0 Å². The number of rotatable bonds is 4. The van der Waals surface area contributed by atoms with Crippen LogP contribution in [0.15, 0.2) is 51.8 Å². The average molecular weight is 391 g/mol. The predicted octanol–water partition coefficient (Wildman–Crippen LogP) is 5.49. The van der Waals surface area contributed by atoms with Crippen LogP contribution in [0.25, 0.3) is 0 Å². The van der Waals surface area contributed by atoms with Gasteiger partial charge in [-0.05, 0) is 42.5 Å². The number of halogens is 3. The Balaban J connectivity index is 1.89. The molecule has 1 N–H and O–H groups in total. The van der Waals surface area contributed by atoms with Gasteiger partial charge in [0.25, 0.3) is 0 Å². The summed E-state index contributed by atoms with van der Waals surface area (Å²) < 4.78 is 1.02. The van der Waals surface area contributed by atoms with Gasteiger partial charge in [0, 0.05) is 15.1 Å². The maximum atomic E-state index is 11.8. The Kier molecular flexibility index (Phi) is 5.78. The van der Waals surface area contributed by atoms with Crippen LogP contribution >= 0.6 is 50.9 Å². The molecule has 0 spiro atoms. The van der Waals surface area contributed by atoms with Crippen LogP contribution in [0.2, 0.25) is 10.0 Å². The largest absolute Gasteiger partial charge is 0.325 e. The minimum Gasteiger partial charge on any atom is -0.325 e. The van der Waals surface area contributed by atoms with Crippen molar-refractivity contribution in [2.24, 2.45) is 0 Å². The van der Waals surface area contributed by atoms with E-state index in [1.807, 2.05) is 24.3 Å². The lowest BCUT2D eigenvalue weighted by atomic mass is 10.3. The Morgan fingerprint density at radius 3 is 2.45 bits per heavy atom. The van der Waals surface area contributed by atoms with E-state index in [1.165, 1.54) is 11.8 Å². The molecule has 6 heteroatoms. The molecule has 0 fully saturated rings. The van der Waals surface area contributed by atoms with E-state index in [4.69, 9.17) is 23.2 Å². The number of hydrogen-bond donors (Lipinski definition) is 1. The van der Waals surface area contributed by atoms with Crippen molar-refractivity contribution in [1.29, 1.82) is 0 Å². The lowest BCUT2D eigenvalue weighted by Crippen LogP contribution is -2.13. The fraction of sp³-hybridized carbons (Fsp3) is 0.0714. The van der Waals surface area contributed by atoms with Gasteiger partial charge in [-0.15, -0.1) is 11.8 Å². The first kappa shape index (κ1) is 15.7. The molecule has 0 atom stereocenters. The number of thioether (sulfide) groups is 1. The van der Waals surface area contributed by atoms with E-state index in [1.54, 1.807) is 18.2 Å². The summed E-state index contributed by atoms with van der Waals surface area (Å²) in [5, 5.41) is 3.67. The Hall–Kier alpha value is -0.680. The summed E-state index contributed by atoms with van der Waals surface area (Å²) in [5.74, 6) is 0.248. The molecule has 2 aromatic carbocycles. The summed E-state index contributed by atoms with van der Waals surface area (Å²) in [6, 6.07) is 12.8. The highest BCUT2D eigenvalue weighted by molar-refractivity contribution is 9.10. The molecule has 104 valence electrons. The average Bonchev–Trinajstić information content (AvgIpc) is 2.42. The molecule has 0 aromatic heterocycles. The fourth-order valence-corrected chi connectivity index (χ4v) is 2.71. The molecule has 0 unspecified atom stereocenters. The molecule has 20 heavy (non-hydrogen) atoms. The topological polar surface area (TPSA) is 29.1 Å². The molecule has 0 bridgehead atoms. The molecule has 2 rings (SSSR count). The molecule has 0 radical (unpaired) electrons. The molecule has 0 aliphatic rings. The van der Waals surface area contributed by atoms with Gasteiger partial charge < -0.3 is 5.32 Å². The molecular weight excluding hydrogens is 381 g/mol. The van der Waals surface area contributed by atoms with Crippen LogP contribution in [0, 0.1) is 0 Å². The van der Waals surface area contributed by atoms with Crippen molar-refractivity contribution in [1.82, 2.24) is 0 Å². The molecule has 0 aliphatic heterocycles. The second-order valence-corrected chi connectivity index (χ2v) is 6.70. The van der Waals surface area contributed by atoms with E-state index in [9.17, 15) is 4.79 Å². The Bertz CT molecular complexity index is 619. The maximum absolute atomic E-state index is 11.8. The SMILES string of the molecule is O=C(CSc1ccc(Br)cc1)Nc1ccc(Cl)c(Cl)c1. The van der Waals surface area contributed by atoms with Gasteiger partial charge >= 0.3 is 0 Å². The highest BCUT2D eigenvalue weighted by atomic mass is 79.9. The predicted molar refractivity (Wildman–Crippen MR) is 90.0 cm³/mol. The van der Waals surface area contributed by atoms with Crippen molar-refractivity contribution in [2.45, 2.75) is 4.90 Å². The molecule has 2 aromatic rings.